The number of nitrogens with one attached hydrogen (secondary N) is 1. The Bertz CT molecular complexity index is 346. The third-order valence-electron chi connectivity index (χ3n) is 3.89. The highest BCUT2D eigenvalue weighted by Crippen LogP contribution is 2.34. The molecule has 2 rings (SSSR count). The largest absolute Gasteiger partial charge is 0.382 e. The molecule has 0 bridgehead atoms. The summed E-state index contributed by atoms with van der Waals surface area (Å²) in [6.45, 7) is 4.36. The van der Waals surface area contributed by atoms with Gasteiger partial charge in [0.2, 0.25) is 5.92 Å². The molecule has 102 valence electrons. The highest BCUT2D eigenvalue weighted by molar-refractivity contribution is 5.34. The zero-order valence-corrected chi connectivity index (χ0v) is 11.3. The first-order chi connectivity index (χ1) is 8.48. The van der Waals surface area contributed by atoms with Gasteiger partial charge < -0.3 is 5.32 Å². The predicted molar refractivity (Wildman–Crippen MR) is 70.6 cm³/mol. The van der Waals surface area contributed by atoms with Crippen molar-refractivity contribution in [2.75, 3.05) is 0 Å². The summed E-state index contributed by atoms with van der Waals surface area (Å²) in [5.41, 5.74) is 2.53. The van der Waals surface area contributed by atoms with Crippen LogP contribution in [0.15, 0.2) is 23.4 Å². The Hall–Kier alpha value is -0.860. The van der Waals surface area contributed by atoms with E-state index in [2.05, 4.69) is 31.3 Å². The molecule has 18 heavy (non-hydrogen) atoms. The summed E-state index contributed by atoms with van der Waals surface area (Å²) in [5.74, 6) is -1.94. The normalized spacial score (nSPS) is 24.7. The Balaban J connectivity index is 1.93. The highest BCUT2D eigenvalue weighted by Gasteiger charge is 2.35. The van der Waals surface area contributed by atoms with Crippen molar-refractivity contribution in [1.29, 1.82) is 0 Å². The van der Waals surface area contributed by atoms with E-state index < -0.39 is 5.92 Å². The van der Waals surface area contributed by atoms with Crippen LogP contribution in [0.2, 0.25) is 0 Å². The lowest BCUT2D eigenvalue weighted by Crippen LogP contribution is -2.37. The topological polar surface area (TPSA) is 12.0 Å². The average molecular weight is 255 g/mol. The lowest BCUT2D eigenvalue weighted by molar-refractivity contribution is -0.0396. The Kier molecular flexibility index (Phi) is 4.08. The van der Waals surface area contributed by atoms with Crippen LogP contribution in [-0.4, -0.2) is 12.0 Å². The molecule has 3 heteroatoms. The van der Waals surface area contributed by atoms with E-state index in [9.17, 15) is 8.78 Å². The van der Waals surface area contributed by atoms with Crippen molar-refractivity contribution in [3.63, 3.8) is 0 Å². The molecule has 1 nitrogen and oxygen atoms in total. The molecule has 0 spiro atoms. The van der Waals surface area contributed by atoms with E-state index in [1.165, 1.54) is 11.3 Å². The summed E-state index contributed by atoms with van der Waals surface area (Å²) < 4.78 is 26.2. The standard InChI is InChI=1S/C15H23F2N/c1-11(2)13-5-3-4-6-14(13)18-12-7-9-15(16,17)10-8-12/h5-6,11-12,18H,3-4,7-10H2,1-2H3. The fourth-order valence-corrected chi connectivity index (χ4v) is 2.79. The number of alkyl halides is 2. The molecule has 0 heterocycles. The second kappa shape index (κ2) is 5.41. The molecule has 0 aromatic heterocycles. The Morgan fingerprint density at radius 1 is 1.17 bits per heavy atom. The molecule has 2 aliphatic rings. The predicted octanol–water partition coefficient (Wildman–Crippen LogP) is 4.41. The van der Waals surface area contributed by atoms with E-state index in [1.807, 2.05) is 0 Å². The fraction of sp³-hybridized carbons (Fsp3) is 0.733. The van der Waals surface area contributed by atoms with Gasteiger partial charge in [-0.1, -0.05) is 26.0 Å². The Morgan fingerprint density at radius 3 is 2.39 bits per heavy atom. The van der Waals surface area contributed by atoms with Crippen molar-refractivity contribution in [3.05, 3.63) is 23.4 Å². The van der Waals surface area contributed by atoms with Gasteiger partial charge in [0.1, 0.15) is 0 Å². The van der Waals surface area contributed by atoms with Crippen molar-refractivity contribution < 1.29 is 8.78 Å². The molecule has 1 N–H and O–H groups in total. The molecule has 0 aliphatic heterocycles. The van der Waals surface area contributed by atoms with E-state index >= 15 is 0 Å². The van der Waals surface area contributed by atoms with Crippen LogP contribution in [0.5, 0.6) is 0 Å². The van der Waals surface area contributed by atoms with Crippen LogP contribution in [-0.2, 0) is 0 Å². The third-order valence-corrected chi connectivity index (χ3v) is 3.89. The summed E-state index contributed by atoms with van der Waals surface area (Å²) in [4.78, 5) is 0. The Labute approximate surface area is 108 Å². The SMILES string of the molecule is CC(C)C1=CCCC=C1NC1CCC(F)(F)CC1. The molecule has 0 aromatic rings. The lowest BCUT2D eigenvalue weighted by Gasteiger charge is -2.32. The molecule has 0 aromatic carbocycles. The monoisotopic (exact) mass is 255 g/mol. The van der Waals surface area contributed by atoms with Crippen molar-refractivity contribution in [3.8, 4) is 0 Å². The minimum Gasteiger partial charge on any atom is -0.382 e. The first-order valence-electron chi connectivity index (χ1n) is 7.03. The molecule has 1 fully saturated rings. The quantitative estimate of drug-likeness (QED) is 0.787. The zero-order valence-electron chi connectivity index (χ0n) is 11.3. The molecule has 0 saturated heterocycles. The van der Waals surface area contributed by atoms with E-state index in [-0.39, 0.29) is 18.9 Å². The van der Waals surface area contributed by atoms with E-state index in [0.29, 0.717) is 18.8 Å². The van der Waals surface area contributed by atoms with Crippen LogP contribution in [0.25, 0.3) is 0 Å². The van der Waals surface area contributed by atoms with Crippen LogP contribution < -0.4 is 5.32 Å². The first-order valence-corrected chi connectivity index (χ1v) is 7.03. The molecule has 0 amide bonds. The number of allylic oxidation sites excluding steroid dienone is 3. The molecular formula is C15H23F2N. The smallest absolute Gasteiger partial charge is 0.248 e. The molecule has 1 saturated carbocycles. The number of rotatable bonds is 3. The van der Waals surface area contributed by atoms with Gasteiger partial charge >= 0.3 is 0 Å². The van der Waals surface area contributed by atoms with Crippen LogP contribution in [0, 0.1) is 5.92 Å². The van der Waals surface area contributed by atoms with Gasteiger partial charge in [-0.05, 0) is 37.2 Å². The minimum atomic E-state index is -2.43. The van der Waals surface area contributed by atoms with Crippen molar-refractivity contribution >= 4 is 0 Å². The van der Waals surface area contributed by atoms with Gasteiger partial charge in [-0.3, -0.25) is 0 Å². The van der Waals surface area contributed by atoms with Crippen LogP contribution in [0.4, 0.5) is 8.78 Å². The zero-order chi connectivity index (χ0) is 13.2. The number of hydrogen-bond donors (Lipinski definition) is 1. The maximum absolute atomic E-state index is 13.1. The van der Waals surface area contributed by atoms with Gasteiger partial charge in [0.05, 0.1) is 0 Å². The first kappa shape index (κ1) is 13.6. The van der Waals surface area contributed by atoms with Crippen molar-refractivity contribution in [2.24, 2.45) is 5.92 Å². The molecule has 0 unspecified atom stereocenters. The minimum absolute atomic E-state index is 0.0265. The number of hydrogen-bond acceptors (Lipinski definition) is 1. The van der Waals surface area contributed by atoms with Crippen molar-refractivity contribution in [2.45, 2.75) is 64.3 Å². The molecule has 2 aliphatic carbocycles. The second-order valence-corrected chi connectivity index (χ2v) is 5.78. The summed E-state index contributed by atoms with van der Waals surface area (Å²) in [6.07, 6.45) is 7.87. The van der Waals surface area contributed by atoms with Crippen LogP contribution in [0.1, 0.15) is 52.4 Å². The lowest BCUT2D eigenvalue weighted by atomic mass is 9.89. The van der Waals surface area contributed by atoms with Gasteiger partial charge in [-0.25, -0.2) is 8.78 Å². The fourth-order valence-electron chi connectivity index (χ4n) is 2.79. The summed E-state index contributed by atoms with van der Waals surface area (Å²) in [7, 11) is 0. The third kappa shape index (κ3) is 3.33. The second-order valence-electron chi connectivity index (χ2n) is 5.78. The maximum Gasteiger partial charge on any atom is 0.248 e. The molecular weight excluding hydrogens is 232 g/mol. The average Bonchev–Trinajstić information content (AvgIpc) is 2.32. The number of halogens is 2. The van der Waals surface area contributed by atoms with Gasteiger partial charge in [-0.15, -0.1) is 0 Å². The Morgan fingerprint density at radius 2 is 1.78 bits per heavy atom. The summed E-state index contributed by atoms with van der Waals surface area (Å²) in [6, 6.07) is 0.219. The van der Waals surface area contributed by atoms with E-state index in [0.717, 1.165) is 12.8 Å². The molecule has 0 atom stereocenters. The maximum atomic E-state index is 13.1. The van der Waals surface area contributed by atoms with E-state index in [4.69, 9.17) is 0 Å². The summed E-state index contributed by atoms with van der Waals surface area (Å²) in [5, 5.41) is 3.49. The van der Waals surface area contributed by atoms with Crippen molar-refractivity contribution in [1.82, 2.24) is 5.32 Å². The highest BCUT2D eigenvalue weighted by atomic mass is 19.3. The summed E-state index contributed by atoms with van der Waals surface area (Å²) >= 11 is 0. The van der Waals surface area contributed by atoms with Crippen LogP contribution in [0.3, 0.4) is 0 Å². The van der Waals surface area contributed by atoms with Gasteiger partial charge in [0.25, 0.3) is 0 Å². The van der Waals surface area contributed by atoms with E-state index in [1.54, 1.807) is 0 Å². The van der Waals surface area contributed by atoms with Gasteiger partial charge in [-0.2, -0.15) is 0 Å². The molecule has 0 radical (unpaired) electrons. The van der Waals surface area contributed by atoms with Gasteiger partial charge in [0, 0.05) is 24.6 Å². The van der Waals surface area contributed by atoms with Gasteiger partial charge in [0.15, 0.2) is 0 Å². The van der Waals surface area contributed by atoms with Crippen LogP contribution >= 0.6 is 0 Å².